The first-order valence-corrected chi connectivity index (χ1v) is 8.11. The second kappa shape index (κ2) is 9.71. The molecule has 1 aliphatic rings. The molecular formula is C15H33N3O3. The third-order valence-corrected chi connectivity index (χ3v) is 3.29. The quantitative estimate of drug-likeness (QED) is 0.511. The number of ether oxygens (including phenoxy) is 2. The summed E-state index contributed by atoms with van der Waals surface area (Å²) in [6, 6.07) is 0. The summed E-state index contributed by atoms with van der Waals surface area (Å²) in [4.78, 5) is 0. The second-order valence-corrected chi connectivity index (χ2v) is 6.22. The summed E-state index contributed by atoms with van der Waals surface area (Å²) in [5.41, 5.74) is -0.912. The Labute approximate surface area is 129 Å². The Morgan fingerprint density at radius 1 is 0.952 bits per heavy atom. The third kappa shape index (κ3) is 8.70. The zero-order valence-corrected chi connectivity index (χ0v) is 13.9. The minimum Gasteiger partial charge on any atom is -0.375 e. The van der Waals surface area contributed by atoms with Crippen LogP contribution in [0, 0.1) is 0 Å². The maximum Gasteiger partial charge on any atom is 0.158 e. The molecule has 1 saturated heterocycles. The van der Waals surface area contributed by atoms with E-state index in [2.05, 4.69) is 16.0 Å². The lowest BCUT2D eigenvalue weighted by Gasteiger charge is -2.31. The van der Waals surface area contributed by atoms with Gasteiger partial charge in [-0.05, 0) is 34.1 Å². The second-order valence-electron chi connectivity index (χ2n) is 6.22. The maximum atomic E-state index is 10.7. The molecular weight excluding hydrogens is 270 g/mol. The molecule has 0 aromatic rings. The Morgan fingerprint density at radius 3 is 2.14 bits per heavy atom. The molecule has 126 valence electrons. The van der Waals surface area contributed by atoms with Gasteiger partial charge in [0.25, 0.3) is 0 Å². The van der Waals surface area contributed by atoms with Crippen LogP contribution in [-0.2, 0) is 9.47 Å². The van der Waals surface area contributed by atoms with Gasteiger partial charge in [-0.3, -0.25) is 5.32 Å². The van der Waals surface area contributed by atoms with E-state index >= 15 is 0 Å². The predicted octanol–water partition coefficient (Wildman–Crippen LogP) is 0.414. The minimum absolute atomic E-state index is 0.110. The molecule has 0 bridgehead atoms. The van der Waals surface area contributed by atoms with Gasteiger partial charge >= 0.3 is 0 Å². The SMILES string of the molecule is CC(C)OC(CCC1(O)CNCCNCCN1)OC(C)C. The Morgan fingerprint density at radius 2 is 1.52 bits per heavy atom. The van der Waals surface area contributed by atoms with E-state index in [-0.39, 0.29) is 18.5 Å². The maximum absolute atomic E-state index is 10.7. The lowest BCUT2D eigenvalue weighted by atomic mass is 10.1. The minimum atomic E-state index is -0.912. The molecule has 0 aliphatic carbocycles. The summed E-state index contributed by atoms with van der Waals surface area (Å²) in [7, 11) is 0. The van der Waals surface area contributed by atoms with Crippen molar-refractivity contribution in [1.29, 1.82) is 0 Å². The number of hydrogen-bond donors (Lipinski definition) is 4. The average Bonchev–Trinajstić information content (AvgIpc) is 2.48. The van der Waals surface area contributed by atoms with Gasteiger partial charge in [0.2, 0.25) is 0 Å². The number of nitrogens with one attached hydrogen (secondary N) is 3. The summed E-state index contributed by atoms with van der Waals surface area (Å²) < 4.78 is 11.6. The van der Waals surface area contributed by atoms with Crippen LogP contribution in [0.25, 0.3) is 0 Å². The van der Waals surface area contributed by atoms with E-state index in [0.29, 0.717) is 19.4 Å². The molecule has 1 fully saturated rings. The zero-order chi connectivity index (χ0) is 15.7. The van der Waals surface area contributed by atoms with Gasteiger partial charge in [-0.25, -0.2) is 0 Å². The molecule has 0 amide bonds. The van der Waals surface area contributed by atoms with Crippen LogP contribution in [0.15, 0.2) is 0 Å². The van der Waals surface area contributed by atoms with Crippen molar-refractivity contribution in [1.82, 2.24) is 16.0 Å². The summed E-state index contributed by atoms with van der Waals surface area (Å²) in [6.45, 7) is 11.9. The Kier molecular flexibility index (Phi) is 8.70. The molecule has 6 heteroatoms. The van der Waals surface area contributed by atoms with E-state index in [4.69, 9.17) is 9.47 Å². The molecule has 0 radical (unpaired) electrons. The summed E-state index contributed by atoms with van der Waals surface area (Å²) in [5.74, 6) is 0. The van der Waals surface area contributed by atoms with Crippen molar-refractivity contribution >= 4 is 0 Å². The molecule has 21 heavy (non-hydrogen) atoms. The van der Waals surface area contributed by atoms with Crippen molar-refractivity contribution < 1.29 is 14.6 Å². The van der Waals surface area contributed by atoms with Gasteiger partial charge < -0.3 is 25.2 Å². The highest BCUT2D eigenvalue weighted by atomic mass is 16.7. The van der Waals surface area contributed by atoms with Gasteiger partial charge in [0.05, 0.1) is 12.2 Å². The number of rotatable bonds is 7. The van der Waals surface area contributed by atoms with E-state index in [0.717, 1.165) is 26.2 Å². The first-order chi connectivity index (χ1) is 9.91. The van der Waals surface area contributed by atoms with Crippen LogP contribution in [0.3, 0.4) is 0 Å². The number of hydrogen-bond acceptors (Lipinski definition) is 6. The van der Waals surface area contributed by atoms with Crippen LogP contribution in [0.2, 0.25) is 0 Å². The highest BCUT2D eigenvalue weighted by Crippen LogP contribution is 2.16. The highest BCUT2D eigenvalue weighted by molar-refractivity contribution is 4.81. The highest BCUT2D eigenvalue weighted by Gasteiger charge is 2.28. The monoisotopic (exact) mass is 303 g/mol. The Balaban J connectivity index is 2.49. The lowest BCUT2D eigenvalue weighted by Crippen LogP contribution is -2.53. The van der Waals surface area contributed by atoms with Gasteiger partial charge in [-0.1, -0.05) is 0 Å². The molecule has 0 aromatic carbocycles. The van der Waals surface area contributed by atoms with Gasteiger partial charge in [0.1, 0.15) is 5.72 Å². The van der Waals surface area contributed by atoms with E-state index in [9.17, 15) is 5.11 Å². The Bertz CT molecular complexity index is 255. The summed E-state index contributed by atoms with van der Waals surface area (Å²) in [6.07, 6.45) is 1.19. The van der Waals surface area contributed by atoms with E-state index in [1.807, 2.05) is 27.7 Å². The average molecular weight is 303 g/mol. The number of β-amino-alcohol motifs (C(OH)–C–C–N with tert-alkyl or cyclic N) is 1. The predicted molar refractivity (Wildman–Crippen MR) is 84.2 cm³/mol. The molecule has 6 nitrogen and oxygen atoms in total. The van der Waals surface area contributed by atoms with Gasteiger partial charge in [0.15, 0.2) is 6.29 Å². The number of aliphatic hydroxyl groups is 1. The Hall–Kier alpha value is -0.240. The van der Waals surface area contributed by atoms with Crippen LogP contribution >= 0.6 is 0 Å². The van der Waals surface area contributed by atoms with Crippen molar-refractivity contribution in [3.05, 3.63) is 0 Å². The molecule has 1 atom stereocenters. The normalized spacial score (nSPS) is 25.1. The molecule has 0 saturated carbocycles. The molecule has 4 N–H and O–H groups in total. The zero-order valence-electron chi connectivity index (χ0n) is 13.9. The van der Waals surface area contributed by atoms with E-state index in [1.54, 1.807) is 0 Å². The molecule has 1 aliphatic heterocycles. The largest absolute Gasteiger partial charge is 0.375 e. The standard InChI is InChI=1S/C15H33N3O3/c1-12(2)20-14(21-13(3)4)5-6-15(19)11-17-8-7-16-9-10-18-15/h12-14,16-19H,5-11H2,1-4H3. The van der Waals surface area contributed by atoms with Crippen LogP contribution in [0.1, 0.15) is 40.5 Å². The summed E-state index contributed by atoms with van der Waals surface area (Å²) in [5, 5.41) is 20.5. The van der Waals surface area contributed by atoms with Gasteiger partial charge in [0, 0.05) is 39.1 Å². The summed E-state index contributed by atoms with van der Waals surface area (Å²) >= 11 is 0. The van der Waals surface area contributed by atoms with E-state index < -0.39 is 5.72 Å². The first-order valence-electron chi connectivity index (χ1n) is 8.11. The topological polar surface area (TPSA) is 74.8 Å². The molecule has 0 aromatic heterocycles. The van der Waals surface area contributed by atoms with Crippen LogP contribution < -0.4 is 16.0 Å². The lowest BCUT2D eigenvalue weighted by molar-refractivity contribution is -0.190. The van der Waals surface area contributed by atoms with Crippen molar-refractivity contribution in [2.45, 2.75) is 64.8 Å². The van der Waals surface area contributed by atoms with Gasteiger partial charge in [-0.15, -0.1) is 0 Å². The first kappa shape index (κ1) is 18.8. The van der Waals surface area contributed by atoms with E-state index in [1.165, 1.54) is 0 Å². The van der Waals surface area contributed by atoms with Crippen molar-refractivity contribution in [3.63, 3.8) is 0 Å². The molecule has 1 rings (SSSR count). The fourth-order valence-electron chi connectivity index (χ4n) is 2.35. The van der Waals surface area contributed by atoms with Gasteiger partial charge in [-0.2, -0.15) is 0 Å². The van der Waals surface area contributed by atoms with Crippen LogP contribution in [0.4, 0.5) is 0 Å². The van der Waals surface area contributed by atoms with Crippen molar-refractivity contribution in [3.8, 4) is 0 Å². The molecule has 1 unspecified atom stereocenters. The molecule has 0 spiro atoms. The smallest absolute Gasteiger partial charge is 0.158 e. The fourth-order valence-corrected chi connectivity index (χ4v) is 2.35. The molecule has 1 heterocycles. The third-order valence-electron chi connectivity index (χ3n) is 3.29. The van der Waals surface area contributed by atoms with Crippen LogP contribution in [-0.4, -0.2) is 62.1 Å². The van der Waals surface area contributed by atoms with Crippen molar-refractivity contribution in [2.75, 3.05) is 32.7 Å². The van der Waals surface area contributed by atoms with Crippen LogP contribution in [0.5, 0.6) is 0 Å². The van der Waals surface area contributed by atoms with Crippen molar-refractivity contribution in [2.24, 2.45) is 0 Å². The fraction of sp³-hybridized carbons (Fsp3) is 1.00.